The minimum absolute atomic E-state index is 0.155. The number of amides is 1. The van der Waals surface area contributed by atoms with E-state index >= 15 is 0 Å². The predicted molar refractivity (Wildman–Crippen MR) is 125 cm³/mol. The SMILES string of the molecule is CC(=O)N[C@H]1[C@H]2OCCn3cc(nn3)CCCCCc3cn(nn3)C[C@@H](O2)[C@@H](OC(C)=O)[C@@H]1OC(C)=O. The molecule has 14 nitrogen and oxygen atoms in total. The summed E-state index contributed by atoms with van der Waals surface area (Å²) >= 11 is 0. The van der Waals surface area contributed by atoms with Crippen LogP contribution in [0.25, 0.3) is 0 Å². The van der Waals surface area contributed by atoms with E-state index in [2.05, 4.69) is 25.9 Å². The number of ether oxygens (including phenoxy) is 4. The summed E-state index contributed by atoms with van der Waals surface area (Å²) in [4.78, 5) is 36.2. The molecule has 1 fully saturated rings. The van der Waals surface area contributed by atoms with Crippen LogP contribution in [0.5, 0.6) is 0 Å². The van der Waals surface area contributed by atoms with Crippen molar-refractivity contribution in [3.63, 3.8) is 0 Å². The Balaban J connectivity index is 1.65. The summed E-state index contributed by atoms with van der Waals surface area (Å²) in [5.74, 6) is -1.59. The number of esters is 2. The summed E-state index contributed by atoms with van der Waals surface area (Å²) in [5, 5.41) is 19.6. The molecule has 1 amide bonds. The number of fused-ring (bicyclic) bond motifs is 6. The summed E-state index contributed by atoms with van der Waals surface area (Å²) in [6, 6.07) is -0.940. The Labute approximate surface area is 213 Å². The van der Waals surface area contributed by atoms with Gasteiger partial charge in [-0.1, -0.05) is 16.8 Å². The first-order valence-electron chi connectivity index (χ1n) is 12.4. The number of hydrogen-bond acceptors (Lipinski definition) is 11. The van der Waals surface area contributed by atoms with E-state index in [-0.39, 0.29) is 13.2 Å². The van der Waals surface area contributed by atoms with Gasteiger partial charge in [0.15, 0.2) is 18.5 Å². The van der Waals surface area contributed by atoms with Crippen molar-refractivity contribution in [2.45, 2.75) is 96.6 Å². The Hall–Kier alpha value is -3.39. The molecule has 2 aliphatic rings. The highest BCUT2D eigenvalue weighted by Gasteiger charge is 2.51. The molecule has 1 saturated heterocycles. The third-order valence-electron chi connectivity index (χ3n) is 6.13. The van der Waals surface area contributed by atoms with Crippen molar-refractivity contribution in [2.75, 3.05) is 6.61 Å². The number of carbonyl (C=O) groups excluding carboxylic acids is 3. The van der Waals surface area contributed by atoms with Gasteiger partial charge in [-0.2, -0.15) is 0 Å². The topological polar surface area (TPSA) is 162 Å². The van der Waals surface area contributed by atoms with Crippen molar-refractivity contribution in [1.82, 2.24) is 35.3 Å². The second kappa shape index (κ2) is 12.2. The maximum absolute atomic E-state index is 12.1. The van der Waals surface area contributed by atoms with Gasteiger partial charge in [-0.25, -0.2) is 9.36 Å². The van der Waals surface area contributed by atoms with Gasteiger partial charge in [0.2, 0.25) is 5.91 Å². The van der Waals surface area contributed by atoms with Crippen LogP contribution < -0.4 is 5.32 Å². The zero-order chi connectivity index (χ0) is 26.4. The summed E-state index contributed by atoms with van der Waals surface area (Å²) in [6.45, 7) is 4.54. The van der Waals surface area contributed by atoms with E-state index in [9.17, 15) is 14.4 Å². The van der Waals surface area contributed by atoms with Crippen LogP contribution in [0.15, 0.2) is 12.4 Å². The van der Waals surface area contributed by atoms with Gasteiger partial charge < -0.3 is 24.3 Å². The van der Waals surface area contributed by atoms with E-state index in [0.717, 1.165) is 43.5 Å². The molecule has 1 N–H and O–H groups in total. The van der Waals surface area contributed by atoms with Crippen LogP contribution in [0.2, 0.25) is 0 Å². The lowest BCUT2D eigenvalue weighted by Gasteiger charge is -2.45. The molecule has 37 heavy (non-hydrogen) atoms. The lowest BCUT2D eigenvalue weighted by atomic mass is 9.95. The zero-order valence-electron chi connectivity index (χ0n) is 21.2. The zero-order valence-corrected chi connectivity index (χ0v) is 21.2. The molecule has 6 bridgehead atoms. The third kappa shape index (κ3) is 7.32. The molecule has 5 atom stereocenters. The lowest BCUT2D eigenvalue weighted by Crippen LogP contribution is -2.66. The Morgan fingerprint density at radius 1 is 0.919 bits per heavy atom. The van der Waals surface area contributed by atoms with Gasteiger partial charge in [-0.05, 0) is 25.7 Å². The molecule has 0 spiro atoms. The van der Waals surface area contributed by atoms with E-state index < -0.39 is 48.5 Å². The Morgan fingerprint density at radius 3 is 2.19 bits per heavy atom. The summed E-state index contributed by atoms with van der Waals surface area (Å²) in [6.07, 6.45) is 4.31. The molecule has 0 aliphatic carbocycles. The molecule has 0 unspecified atom stereocenters. The van der Waals surface area contributed by atoms with Crippen molar-refractivity contribution in [3.8, 4) is 0 Å². The molecule has 4 rings (SSSR count). The predicted octanol–water partition coefficient (Wildman–Crippen LogP) is -0.0517. The van der Waals surface area contributed by atoms with Gasteiger partial charge in [-0.15, -0.1) is 10.2 Å². The van der Waals surface area contributed by atoms with Crippen LogP contribution in [0.1, 0.15) is 51.4 Å². The molecule has 2 aromatic heterocycles. The van der Waals surface area contributed by atoms with Gasteiger partial charge >= 0.3 is 11.9 Å². The van der Waals surface area contributed by atoms with Gasteiger partial charge in [0.1, 0.15) is 12.1 Å². The quantitative estimate of drug-likeness (QED) is 0.541. The fraction of sp³-hybridized carbons (Fsp3) is 0.696. The van der Waals surface area contributed by atoms with Crippen molar-refractivity contribution in [3.05, 3.63) is 23.8 Å². The summed E-state index contributed by atoms with van der Waals surface area (Å²) in [5.41, 5.74) is 1.73. The van der Waals surface area contributed by atoms with E-state index in [1.807, 2.05) is 12.4 Å². The van der Waals surface area contributed by atoms with E-state index in [1.54, 1.807) is 9.36 Å². The third-order valence-corrected chi connectivity index (χ3v) is 6.13. The van der Waals surface area contributed by atoms with Crippen molar-refractivity contribution in [2.24, 2.45) is 0 Å². The lowest BCUT2D eigenvalue weighted by molar-refractivity contribution is -0.274. The Morgan fingerprint density at radius 2 is 1.54 bits per heavy atom. The first-order valence-corrected chi connectivity index (χ1v) is 12.4. The minimum Gasteiger partial charge on any atom is -0.456 e. The Kier molecular flexibility index (Phi) is 8.82. The van der Waals surface area contributed by atoms with Crippen molar-refractivity contribution in [1.29, 1.82) is 0 Å². The van der Waals surface area contributed by atoms with Crippen LogP contribution in [0, 0.1) is 0 Å². The average Bonchev–Trinajstić information content (AvgIpc) is 3.46. The maximum atomic E-state index is 12.1. The molecule has 0 saturated carbocycles. The number of carbonyl (C=O) groups is 3. The van der Waals surface area contributed by atoms with E-state index in [4.69, 9.17) is 18.9 Å². The standard InChI is InChI=1S/C23H33N7O7/c1-14(31)24-20-22(36-16(3)33)21(35-15(2)32)19-13-30-12-18(26-28-30)8-6-4-5-7-17-11-29(27-25-17)9-10-34-23(20)37-19/h11-12,19-23H,4-10,13H2,1-3H3,(H,24,31)/t19-,20-,21-,22-,23+/m1/s1. The first kappa shape index (κ1) is 26.7. The van der Waals surface area contributed by atoms with Crippen LogP contribution >= 0.6 is 0 Å². The van der Waals surface area contributed by atoms with E-state index in [1.165, 1.54) is 20.8 Å². The van der Waals surface area contributed by atoms with Gasteiger partial charge in [0, 0.05) is 33.2 Å². The van der Waals surface area contributed by atoms with Crippen LogP contribution in [0.4, 0.5) is 0 Å². The molecule has 0 radical (unpaired) electrons. The number of aromatic nitrogens is 6. The second-order valence-corrected chi connectivity index (χ2v) is 9.25. The number of nitrogens with one attached hydrogen (secondary N) is 1. The molecule has 2 aromatic rings. The highest BCUT2D eigenvalue weighted by Crippen LogP contribution is 2.28. The minimum atomic E-state index is -1.07. The van der Waals surface area contributed by atoms with Gasteiger partial charge in [0.25, 0.3) is 0 Å². The molecule has 202 valence electrons. The summed E-state index contributed by atoms with van der Waals surface area (Å²) < 4.78 is 26.7. The monoisotopic (exact) mass is 519 g/mol. The van der Waals surface area contributed by atoms with Crippen LogP contribution in [0.3, 0.4) is 0 Å². The van der Waals surface area contributed by atoms with E-state index in [0.29, 0.717) is 6.54 Å². The molecular formula is C23H33N7O7. The molecule has 2 aliphatic heterocycles. The largest absolute Gasteiger partial charge is 0.456 e. The molecule has 4 heterocycles. The van der Waals surface area contributed by atoms with Gasteiger partial charge in [0.05, 0.1) is 31.1 Å². The maximum Gasteiger partial charge on any atom is 0.303 e. The normalized spacial score (nSPS) is 26.8. The first-order chi connectivity index (χ1) is 17.8. The second-order valence-electron chi connectivity index (χ2n) is 9.25. The molecule has 0 aromatic carbocycles. The van der Waals surface area contributed by atoms with Crippen LogP contribution in [-0.2, 0) is 59.3 Å². The smallest absolute Gasteiger partial charge is 0.303 e. The number of aryl methyl sites for hydroxylation is 2. The van der Waals surface area contributed by atoms with Crippen molar-refractivity contribution >= 4 is 17.8 Å². The Bertz CT molecular complexity index is 1090. The van der Waals surface area contributed by atoms with Gasteiger partial charge in [-0.3, -0.25) is 14.4 Å². The summed E-state index contributed by atoms with van der Waals surface area (Å²) in [7, 11) is 0. The number of rotatable bonds is 3. The number of hydrogen-bond donors (Lipinski definition) is 1. The average molecular weight is 520 g/mol. The highest BCUT2D eigenvalue weighted by molar-refractivity contribution is 5.73. The fourth-order valence-corrected chi connectivity index (χ4v) is 4.59. The highest BCUT2D eigenvalue weighted by atomic mass is 16.7. The van der Waals surface area contributed by atoms with Crippen molar-refractivity contribution < 1.29 is 33.3 Å². The molecular weight excluding hydrogens is 486 g/mol. The fourth-order valence-electron chi connectivity index (χ4n) is 4.59. The van der Waals surface area contributed by atoms with Crippen LogP contribution in [-0.4, -0.2) is 85.1 Å². The number of nitrogens with zero attached hydrogens (tertiary/aromatic N) is 6. The molecule has 14 heteroatoms.